The summed E-state index contributed by atoms with van der Waals surface area (Å²) in [4.78, 5) is 22.5. The van der Waals surface area contributed by atoms with E-state index in [1.165, 1.54) is 7.11 Å². The molecule has 0 aromatic heterocycles. The van der Waals surface area contributed by atoms with E-state index in [9.17, 15) is 9.59 Å². The molecule has 0 bridgehead atoms. The van der Waals surface area contributed by atoms with Gasteiger partial charge in [-0.25, -0.2) is 4.79 Å². The van der Waals surface area contributed by atoms with Crippen molar-refractivity contribution in [3.05, 3.63) is 35.9 Å². The second-order valence-corrected chi connectivity index (χ2v) is 4.08. The number of alkyl halides is 1. The summed E-state index contributed by atoms with van der Waals surface area (Å²) in [5.41, 5.74) is 0.935. The summed E-state index contributed by atoms with van der Waals surface area (Å²) < 4.78 is 4.57. The first-order valence-electron chi connectivity index (χ1n) is 5.64. The molecule has 0 aliphatic heterocycles. The molecule has 1 unspecified atom stereocenters. The van der Waals surface area contributed by atoms with Crippen LogP contribution in [0.5, 0.6) is 0 Å². The monoisotopic (exact) mass is 269 g/mol. The molecule has 1 N–H and O–H groups in total. The number of nitrogens with one attached hydrogen (secondary N) is 1. The van der Waals surface area contributed by atoms with Crippen molar-refractivity contribution in [2.24, 2.45) is 0 Å². The molecule has 0 radical (unpaired) electrons. The number of halogens is 1. The molecule has 5 heteroatoms. The lowest BCUT2D eigenvalue weighted by Crippen LogP contribution is -2.28. The quantitative estimate of drug-likeness (QED) is 0.808. The second-order valence-electron chi connectivity index (χ2n) is 3.81. The minimum atomic E-state index is -0.512. The normalized spacial score (nSPS) is 11.7. The van der Waals surface area contributed by atoms with Gasteiger partial charge in [-0.05, 0) is 12.0 Å². The lowest BCUT2D eigenvalue weighted by molar-refractivity contribution is -0.116. The fraction of sp³-hybridized carbons (Fsp3) is 0.385. The van der Waals surface area contributed by atoms with Crippen LogP contribution in [0, 0.1) is 0 Å². The Hall–Kier alpha value is -1.55. The van der Waals surface area contributed by atoms with Crippen molar-refractivity contribution in [1.82, 2.24) is 5.32 Å². The number of carbonyl (C=O) groups excluding carboxylic acids is 2. The highest BCUT2D eigenvalue weighted by atomic mass is 35.5. The largest absolute Gasteiger partial charge is 0.453 e. The van der Waals surface area contributed by atoms with Crippen LogP contribution in [-0.4, -0.2) is 24.9 Å². The molecule has 0 aliphatic carbocycles. The Morgan fingerprint density at radius 1 is 1.33 bits per heavy atom. The Kier molecular flexibility index (Phi) is 6.22. The van der Waals surface area contributed by atoms with Gasteiger partial charge in [0.2, 0.25) is 0 Å². The molecule has 0 heterocycles. The number of Topliss-reactive ketones (excluding diaryl/α,β-unsaturated/α-hetero) is 1. The number of hydrogen-bond donors (Lipinski definition) is 1. The highest BCUT2D eigenvalue weighted by molar-refractivity contribution is 6.27. The number of alkyl carbamates (subject to hydrolysis) is 1. The fourth-order valence-corrected chi connectivity index (χ4v) is 1.71. The third-order valence-electron chi connectivity index (χ3n) is 2.54. The van der Waals surface area contributed by atoms with Crippen molar-refractivity contribution >= 4 is 23.5 Å². The molecule has 0 saturated carbocycles. The Balaban J connectivity index is 2.69. The van der Waals surface area contributed by atoms with E-state index in [-0.39, 0.29) is 17.7 Å². The predicted molar refractivity (Wildman–Crippen MR) is 69.7 cm³/mol. The minimum Gasteiger partial charge on any atom is -0.453 e. The van der Waals surface area contributed by atoms with Crippen LogP contribution in [0.25, 0.3) is 0 Å². The van der Waals surface area contributed by atoms with E-state index in [0.717, 1.165) is 5.56 Å². The Morgan fingerprint density at radius 2 is 2.00 bits per heavy atom. The highest BCUT2D eigenvalue weighted by Crippen LogP contribution is 2.18. The topological polar surface area (TPSA) is 55.4 Å². The van der Waals surface area contributed by atoms with Gasteiger partial charge in [-0.2, -0.15) is 0 Å². The summed E-state index contributed by atoms with van der Waals surface area (Å²) in [6, 6.07) is 9.20. The number of hydrogen-bond acceptors (Lipinski definition) is 3. The Labute approximate surface area is 111 Å². The first-order chi connectivity index (χ1) is 8.67. The van der Waals surface area contributed by atoms with E-state index in [1.54, 1.807) is 0 Å². The zero-order valence-electron chi connectivity index (χ0n) is 10.2. The molecule has 0 saturated heterocycles. The van der Waals surface area contributed by atoms with Gasteiger partial charge in [0.15, 0.2) is 0 Å². The van der Waals surface area contributed by atoms with Crippen LogP contribution < -0.4 is 5.32 Å². The van der Waals surface area contributed by atoms with E-state index in [4.69, 9.17) is 11.6 Å². The van der Waals surface area contributed by atoms with Gasteiger partial charge in [0.25, 0.3) is 0 Å². The summed E-state index contributed by atoms with van der Waals surface area (Å²) in [6.45, 7) is 0. The van der Waals surface area contributed by atoms with Crippen molar-refractivity contribution in [3.63, 3.8) is 0 Å². The lowest BCUT2D eigenvalue weighted by atomic mass is 10.0. The van der Waals surface area contributed by atoms with Gasteiger partial charge in [-0.3, -0.25) is 4.79 Å². The highest BCUT2D eigenvalue weighted by Gasteiger charge is 2.15. The maximum atomic E-state index is 11.3. The van der Waals surface area contributed by atoms with Gasteiger partial charge in [0.1, 0.15) is 5.78 Å². The van der Waals surface area contributed by atoms with E-state index in [1.807, 2.05) is 30.3 Å². The van der Waals surface area contributed by atoms with Crippen molar-refractivity contribution in [2.45, 2.75) is 18.9 Å². The number of ether oxygens (including phenoxy) is 1. The Morgan fingerprint density at radius 3 is 2.56 bits per heavy atom. The molecule has 1 atom stereocenters. The molecular formula is C13H16ClNO3. The van der Waals surface area contributed by atoms with E-state index in [2.05, 4.69) is 10.1 Å². The lowest BCUT2D eigenvalue weighted by Gasteiger charge is -2.17. The molecule has 18 heavy (non-hydrogen) atoms. The predicted octanol–water partition coefficient (Wildman–Crippen LogP) is 2.67. The number of rotatable bonds is 6. The van der Waals surface area contributed by atoms with Crippen LogP contribution in [0.3, 0.4) is 0 Å². The number of carbonyl (C=O) groups is 2. The summed E-state index contributed by atoms with van der Waals surface area (Å²) >= 11 is 5.45. The smallest absolute Gasteiger partial charge is 0.407 e. The van der Waals surface area contributed by atoms with Crippen molar-refractivity contribution in [2.75, 3.05) is 13.0 Å². The molecule has 4 nitrogen and oxygen atoms in total. The van der Waals surface area contributed by atoms with Crippen molar-refractivity contribution in [1.29, 1.82) is 0 Å². The first-order valence-corrected chi connectivity index (χ1v) is 6.18. The standard InChI is InChI=1S/C13H16ClNO3/c1-18-13(17)15-12(8-7-11(16)9-14)10-5-3-2-4-6-10/h2-6,12H,7-9H2,1H3,(H,15,17). The molecule has 1 amide bonds. The SMILES string of the molecule is COC(=O)NC(CCC(=O)CCl)c1ccccc1. The van der Waals surface area contributed by atoms with Crippen LogP contribution in [0.1, 0.15) is 24.4 Å². The first kappa shape index (κ1) is 14.5. The van der Waals surface area contributed by atoms with E-state index < -0.39 is 6.09 Å². The zero-order chi connectivity index (χ0) is 13.4. The molecular weight excluding hydrogens is 254 g/mol. The van der Waals surface area contributed by atoms with Gasteiger partial charge in [0, 0.05) is 6.42 Å². The van der Waals surface area contributed by atoms with E-state index >= 15 is 0 Å². The number of benzene rings is 1. The molecule has 0 fully saturated rings. The molecule has 1 aromatic carbocycles. The van der Waals surface area contributed by atoms with Gasteiger partial charge in [-0.15, -0.1) is 11.6 Å². The van der Waals surface area contributed by atoms with Crippen LogP contribution >= 0.6 is 11.6 Å². The van der Waals surface area contributed by atoms with Crippen LogP contribution in [0.2, 0.25) is 0 Å². The average Bonchev–Trinajstić information content (AvgIpc) is 2.43. The molecule has 0 aliphatic rings. The second kappa shape index (κ2) is 7.71. The van der Waals surface area contributed by atoms with Gasteiger partial charge in [-0.1, -0.05) is 30.3 Å². The third kappa shape index (κ3) is 4.75. The van der Waals surface area contributed by atoms with Gasteiger partial charge >= 0.3 is 6.09 Å². The minimum absolute atomic E-state index is 0.000264. The summed E-state index contributed by atoms with van der Waals surface area (Å²) in [5.74, 6) is -0.0380. The summed E-state index contributed by atoms with van der Waals surface area (Å²) in [7, 11) is 1.31. The molecule has 98 valence electrons. The maximum Gasteiger partial charge on any atom is 0.407 e. The third-order valence-corrected chi connectivity index (χ3v) is 2.84. The average molecular weight is 270 g/mol. The van der Waals surface area contributed by atoms with Crippen molar-refractivity contribution in [3.8, 4) is 0 Å². The fourth-order valence-electron chi connectivity index (χ4n) is 1.58. The van der Waals surface area contributed by atoms with Gasteiger partial charge < -0.3 is 10.1 Å². The Bertz CT molecular complexity index is 394. The van der Waals surface area contributed by atoms with E-state index in [0.29, 0.717) is 12.8 Å². The maximum absolute atomic E-state index is 11.3. The van der Waals surface area contributed by atoms with Crippen LogP contribution in [0.15, 0.2) is 30.3 Å². The van der Waals surface area contributed by atoms with Crippen molar-refractivity contribution < 1.29 is 14.3 Å². The summed E-state index contributed by atoms with van der Waals surface area (Å²) in [5, 5.41) is 2.71. The van der Waals surface area contributed by atoms with Crippen LogP contribution in [0.4, 0.5) is 4.79 Å². The van der Waals surface area contributed by atoms with Crippen LogP contribution in [-0.2, 0) is 9.53 Å². The van der Waals surface area contributed by atoms with Gasteiger partial charge in [0.05, 0.1) is 19.0 Å². The molecule has 0 spiro atoms. The number of amides is 1. The zero-order valence-corrected chi connectivity index (χ0v) is 10.9. The molecule has 1 aromatic rings. The summed E-state index contributed by atoms with van der Waals surface area (Å²) in [6.07, 6.45) is 0.319. The number of ketones is 1. The number of methoxy groups -OCH3 is 1. The molecule has 1 rings (SSSR count).